The Hall–Kier alpha value is -0.380. The van der Waals surface area contributed by atoms with E-state index in [0.29, 0.717) is 0 Å². The Balaban J connectivity index is 2.02. The Kier molecular flexibility index (Phi) is 6.91. The van der Waals surface area contributed by atoms with Crippen LogP contribution in [0.2, 0.25) is 0 Å². The molecule has 22 heavy (non-hydrogen) atoms. The van der Waals surface area contributed by atoms with Crippen LogP contribution in [0.15, 0.2) is 28.7 Å². The molecule has 1 aliphatic carbocycles. The van der Waals surface area contributed by atoms with Crippen molar-refractivity contribution in [2.75, 3.05) is 19.6 Å². The minimum atomic E-state index is 0.181. The zero-order chi connectivity index (χ0) is 16.0. The minimum absolute atomic E-state index is 0.181. The second kappa shape index (κ2) is 8.47. The second-order valence-corrected chi connectivity index (χ2v) is 8.59. The third kappa shape index (κ3) is 6.02. The first-order chi connectivity index (χ1) is 10.5. The van der Waals surface area contributed by atoms with Crippen molar-refractivity contribution in [3.63, 3.8) is 0 Å². The van der Waals surface area contributed by atoms with E-state index in [1.807, 2.05) is 0 Å². The molecule has 1 aromatic carbocycles. The zero-order valence-corrected chi connectivity index (χ0v) is 15.7. The lowest BCUT2D eigenvalue weighted by atomic mass is 9.87. The summed E-state index contributed by atoms with van der Waals surface area (Å²) in [5.41, 5.74) is 7.54. The van der Waals surface area contributed by atoms with Crippen LogP contribution in [-0.4, -0.2) is 24.5 Å². The van der Waals surface area contributed by atoms with Gasteiger partial charge in [0, 0.05) is 24.1 Å². The van der Waals surface area contributed by atoms with Crippen LogP contribution in [0.3, 0.4) is 0 Å². The third-order valence-electron chi connectivity index (χ3n) is 4.74. The van der Waals surface area contributed by atoms with E-state index in [2.05, 4.69) is 58.9 Å². The van der Waals surface area contributed by atoms with E-state index >= 15 is 0 Å². The van der Waals surface area contributed by atoms with Gasteiger partial charge in [-0.15, -0.1) is 0 Å². The number of nitrogens with zero attached hydrogens (tertiary/aromatic N) is 1. The Bertz CT molecular complexity index is 453. The summed E-state index contributed by atoms with van der Waals surface area (Å²) in [6.45, 7) is 8.62. The molecule has 0 atom stereocenters. The molecule has 0 aliphatic heterocycles. The molecule has 2 rings (SSSR count). The number of rotatable bonds is 7. The first-order valence-electron chi connectivity index (χ1n) is 8.65. The highest BCUT2D eigenvalue weighted by Crippen LogP contribution is 2.27. The molecule has 0 radical (unpaired) electrons. The van der Waals surface area contributed by atoms with Gasteiger partial charge in [0.05, 0.1) is 0 Å². The highest BCUT2D eigenvalue weighted by Gasteiger charge is 2.23. The van der Waals surface area contributed by atoms with Crippen LogP contribution in [0.1, 0.15) is 51.5 Å². The van der Waals surface area contributed by atoms with Crippen LogP contribution in [0.25, 0.3) is 0 Å². The quantitative estimate of drug-likeness (QED) is 0.749. The molecule has 0 unspecified atom stereocenters. The van der Waals surface area contributed by atoms with Crippen molar-refractivity contribution in [3.8, 4) is 0 Å². The molecule has 0 saturated heterocycles. The first-order valence-corrected chi connectivity index (χ1v) is 9.45. The fourth-order valence-corrected chi connectivity index (χ4v) is 3.93. The summed E-state index contributed by atoms with van der Waals surface area (Å²) in [5.74, 6) is 0.870. The van der Waals surface area contributed by atoms with Gasteiger partial charge in [0.2, 0.25) is 0 Å². The maximum Gasteiger partial charge on any atom is 0.0234 e. The van der Waals surface area contributed by atoms with E-state index in [-0.39, 0.29) is 5.41 Å². The number of halogens is 1. The van der Waals surface area contributed by atoms with Gasteiger partial charge in [0.15, 0.2) is 0 Å². The molecule has 1 fully saturated rings. The van der Waals surface area contributed by atoms with Gasteiger partial charge in [-0.1, -0.05) is 61.2 Å². The molecule has 2 nitrogen and oxygen atoms in total. The average Bonchev–Trinajstić information content (AvgIpc) is 2.48. The summed E-state index contributed by atoms with van der Waals surface area (Å²) in [4.78, 5) is 2.63. The molecule has 124 valence electrons. The fourth-order valence-electron chi connectivity index (χ4n) is 3.48. The maximum atomic E-state index is 5.97. The molecule has 1 aromatic rings. The highest BCUT2D eigenvalue weighted by molar-refractivity contribution is 9.10. The number of hydrogen-bond donors (Lipinski definition) is 1. The SMILES string of the molecule is CC(C)(CN)CN(Cc1cccc(Br)c1)CC1CCCCC1. The number of nitrogens with two attached hydrogens (primary N) is 1. The van der Waals surface area contributed by atoms with E-state index in [0.717, 1.165) is 25.6 Å². The van der Waals surface area contributed by atoms with Crippen LogP contribution < -0.4 is 5.73 Å². The van der Waals surface area contributed by atoms with Gasteiger partial charge in [-0.25, -0.2) is 0 Å². The van der Waals surface area contributed by atoms with E-state index in [9.17, 15) is 0 Å². The summed E-state index contributed by atoms with van der Waals surface area (Å²) in [6, 6.07) is 8.70. The lowest BCUT2D eigenvalue weighted by Gasteiger charge is -2.35. The number of benzene rings is 1. The molecule has 0 amide bonds. The molecular formula is C19H31BrN2. The lowest BCUT2D eigenvalue weighted by molar-refractivity contribution is 0.138. The molecule has 0 heterocycles. The van der Waals surface area contributed by atoms with Crippen LogP contribution in [0, 0.1) is 11.3 Å². The Morgan fingerprint density at radius 1 is 1.23 bits per heavy atom. The summed E-state index contributed by atoms with van der Waals surface area (Å²) in [5, 5.41) is 0. The van der Waals surface area contributed by atoms with Crippen molar-refractivity contribution in [2.45, 2.75) is 52.5 Å². The third-order valence-corrected chi connectivity index (χ3v) is 5.23. The van der Waals surface area contributed by atoms with Crippen molar-refractivity contribution < 1.29 is 0 Å². The van der Waals surface area contributed by atoms with E-state index in [1.54, 1.807) is 0 Å². The summed E-state index contributed by atoms with van der Waals surface area (Å²) >= 11 is 3.59. The van der Waals surface area contributed by atoms with Crippen LogP contribution in [0.5, 0.6) is 0 Å². The fraction of sp³-hybridized carbons (Fsp3) is 0.684. The van der Waals surface area contributed by atoms with Crippen molar-refractivity contribution in [1.29, 1.82) is 0 Å². The summed E-state index contributed by atoms with van der Waals surface area (Å²) < 4.78 is 1.17. The summed E-state index contributed by atoms with van der Waals surface area (Å²) in [6.07, 6.45) is 7.05. The van der Waals surface area contributed by atoms with Crippen LogP contribution >= 0.6 is 15.9 Å². The molecule has 2 N–H and O–H groups in total. The Morgan fingerprint density at radius 3 is 2.59 bits per heavy atom. The van der Waals surface area contributed by atoms with Gasteiger partial charge in [0.25, 0.3) is 0 Å². The van der Waals surface area contributed by atoms with E-state index in [4.69, 9.17) is 5.73 Å². The van der Waals surface area contributed by atoms with Crippen molar-refractivity contribution in [3.05, 3.63) is 34.3 Å². The van der Waals surface area contributed by atoms with Crippen molar-refractivity contribution in [2.24, 2.45) is 17.1 Å². The molecule has 1 saturated carbocycles. The first kappa shape index (κ1) is 18.0. The van der Waals surface area contributed by atoms with Gasteiger partial charge in [-0.3, -0.25) is 4.90 Å². The molecule has 1 aliphatic rings. The highest BCUT2D eigenvalue weighted by atomic mass is 79.9. The predicted octanol–water partition coefficient (Wildman–Crippen LogP) is 4.82. The lowest BCUT2D eigenvalue weighted by Crippen LogP contribution is -2.40. The van der Waals surface area contributed by atoms with Gasteiger partial charge in [0.1, 0.15) is 0 Å². The Labute approximate surface area is 144 Å². The normalized spacial score (nSPS) is 17.1. The zero-order valence-electron chi connectivity index (χ0n) is 14.2. The number of hydrogen-bond acceptors (Lipinski definition) is 2. The van der Waals surface area contributed by atoms with Gasteiger partial charge >= 0.3 is 0 Å². The predicted molar refractivity (Wildman–Crippen MR) is 98.8 cm³/mol. The second-order valence-electron chi connectivity index (χ2n) is 7.67. The molecular weight excluding hydrogens is 336 g/mol. The van der Waals surface area contributed by atoms with Crippen molar-refractivity contribution >= 4 is 15.9 Å². The van der Waals surface area contributed by atoms with E-state index in [1.165, 1.54) is 48.7 Å². The minimum Gasteiger partial charge on any atom is -0.330 e. The van der Waals surface area contributed by atoms with Gasteiger partial charge in [-0.05, 0) is 48.4 Å². The maximum absolute atomic E-state index is 5.97. The van der Waals surface area contributed by atoms with E-state index < -0.39 is 0 Å². The molecule has 0 bridgehead atoms. The average molecular weight is 367 g/mol. The Morgan fingerprint density at radius 2 is 1.95 bits per heavy atom. The molecule has 0 spiro atoms. The standard InChI is InChI=1S/C19H31BrN2/c1-19(2,14-21)15-22(12-16-7-4-3-5-8-16)13-17-9-6-10-18(20)11-17/h6,9-11,16H,3-5,7-8,12-15,21H2,1-2H3. The van der Waals surface area contributed by atoms with Gasteiger partial charge < -0.3 is 5.73 Å². The smallest absolute Gasteiger partial charge is 0.0234 e. The van der Waals surface area contributed by atoms with Gasteiger partial charge in [-0.2, -0.15) is 0 Å². The topological polar surface area (TPSA) is 29.3 Å². The van der Waals surface area contributed by atoms with Crippen molar-refractivity contribution in [1.82, 2.24) is 4.90 Å². The van der Waals surface area contributed by atoms with Crippen LogP contribution in [-0.2, 0) is 6.54 Å². The van der Waals surface area contributed by atoms with Crippen LogP contribution in [0.4, 0.5) is 0 Å². The molecule has 0 aromatic heterocycles. The monoisotopic (exact) mass is 366 g/mol. The molecule has 3 heteroatoms. The summed E-state index contributed by atoms with van der Waals surface area (Å²) in [7, 11) is 0. The largest absolute Gasteiger partial charge is 0.330 e.